The monoisotopic (exact) mass is 429 g/mol. The Balaban J connectivity index is 1.91. The van der Waals surface area contributed by atoms with Crippen molar-refractivity contribution < 1.29 is 27.4 Å². The number of methoxy groups -OCH3 is 1. The number of benzene rings is 2. The molecular formula is C21H14F3N3O4. The third-order valence-corrected chi connectivity index (χ3v) is 4.42. The maximum absolute atomic E-state index is 13.0. The Morgan fingerprint density at radius 1 is 1.00 bits per heavy atom. The van der Waals surface area contributed by atoms with Crippen LogP contribution in [0.25, 0.3) is 22.6 Å². The number of ether oxygens (including phenoxy) is 2. The van der Waals surface area contributed by atoms with Gasteiger partial charge < -0.3 is 14.0 Å². The van der Waals surface area contributed by atoms with Crippen molar-refractivity contribution in [3.63, 3.8) is 0 Å². The van der Waals surface area contributed by atoms with Crippen LogP contribution in [-0.2, 0) is 4.74 Å². The van der Waals surface area contributed by atoms with Crippen molar-refractivity contribution in [3.8, 4) is 28.4 Å². The van der Waals surface area contributed by atoms with E-state index in [0.29, 0.717) is 5.69 Å². The van der Waals surface area contributed by atoms with E-state index in [1.165, 1.54) is 36.2 Å². The predicted molar refractivity (Wildman–Crippen MR) is 104 cm³/mol. The zero-order chi connectivity index (χ0) is 22.2. The van der Waals surface area contributed by atoms with E-state index in [0.717, 1.165) is 16.8 Å². The number of aromatic nitrogens is 3. The summed E-state index contributed by atoms with van der Waals surface area (Å²) >= 11 is 0. The first-order valence-corrected chi connectivity index (χ1v) is 8.92. The normalized spacial score (nSPS) is 11.5. The van der Waals surface area contributed by atoms with Gasteiger partial charge in [0.25, 0.3) is 5.56 Å². The highest BCUT2D eigenvalue weighted by Gasteiger charge is 2.31. The molecule has 0 amide bonds. The molecule has 0 aromatic heterocycles. The number of carbonyl (C=O) groups is 1. The van der Waals surface area contributed by atoms with Crippen LogP contribution in [0.3, 0.4) is 0 Å². The Hall–Kier alpha value is -4.08. The quantitative estimate of drug-likeness (QED) is 0.461. The second-order valence-corrected chi connectivity index (χ2v) is 6.43. The Bertz CT molecular complexity index is 1280. The summed E-state index contributed by atoms with van der Waals surface area (Å²) in [5.74, 6) is -1.20. The molecule has 0 atom stereocenters. The molecule has 0 spiro atoms. The van der Waals surface area contributed by atoms with E-state index in [-0.39, 0.29) is 22.5 Å². The van der Waals surface area contributed by atoms with Gasteiger partial charge in [-0.25, -0.2) is 4.79 Å². The lowest BCUT2D eigenvalue weighted by Crippen LogP contribution is -2.17. The molecule has 2 aliphatic heterocycles. The SMILES string of the molecule is COC(=O)c1cn(-c2cccc(OC(F)(F)F)c2)cc2c(=O)n(-c3ccccc3)nc1-2. The highest BCUT2D eigenvalue weighted by atomic mass is 19.4. The van der Waals surface area contributed by atoms with Crippen LogP contribution < -0.4 is 10.3 Å². The smallest absolute Gasteiger partial charge is 0.465 e. The van der Waals surface area contributed by atoms with E-state index >= 15 is 0 Å². The fraction of sp³-hybridized carbons (Fsp3) is 0.0952. The van der Waals surface area contributed by atoms with Crippen molar-refractivity contribution in [1.29, 1.82) is 0 Å². The maximum atomic E-state index is 13.0. The molecule has 0 unspecified atom stereocenters. The van der Waals surface area contributed by atoms with Gasteiger partial charge in [-0.05, 0) is 24.3 Å². The van der Waals surface area contributed by atoms with Gasteiger partial charge in [-0.1, -0.05) is 24.3 Å². The molecule has 0 fully saturated rings. The first kappa shape index (κ1) is 20.2. The maximum Gasteiger partial charge on any atom is 0.573 e. The fourth-order valence-corrected chi connectivity index (χ4v) is 3.10. The lowest BCUT2D eigenvalue weighted by Gasteiger charge is -2.14. The first-order valence-electron chi connectivity index (χ1n) is 8.92. The van der Waals surface area contributed by atoms with E-state index < -0.39 is 23.6 Å². The predicted octanol–water partition coefficient (Wildman–Crippen LogP) is 3.81. The number of para-hydroxylation sites is 1. The molecule has 4 rings (SSSR count). The van der Waals surface area contributed by atoms with Crippen molar-refractivity contribution in [3.05, 3.63) is 82.9 Å². The van der Waals surface area contributed by atoms with Gasteiger partial charge in [-0.3, -0.25) is 4.79 Å². The summed E-state index contributed by atoms with van der Waals surface area (Å²) in [7, 11) is 1.18. The van der Waals surface area contributed by atoms with Gasteiger partial charge in [-0.2, -0.15) is 9.78 Å². The van der Waals surface area contributed by atoms with Crippen molar-refractivity contribution in [2.75, 3.05) is 7.11 Å². The summed E-state index contributed by atoms with van der Waals surface area (Å²) in [6.07, 6.45) is -2.13. The molecule has 2 heterocycles. The molecule has 2 aromatic rings. The minimum atomic E-state index is -4.86. The summed E-state index contributed by atoms with van der Waals surface area (Å²) in [4.78, 5) is 25.4. The molecule has 0 N–H and O–H groups in total. The molecule has 0 aliphatic carbocycles. The van der Waals surface area contributed by atoms with Crippen LogP contribution in [0.1, 0.15) is 10.4 Å². The van der Waals surface area contributed by atoms with Crippen LogP contribution >= 0.6 is 0 Å². The molecule has 0 saturated heterocycles. The molecule has 0 saturated carbocycles. The van der Waals surface area contributed by atoms with E-state index in [1.54, 1.807) is 30.3 Å². The number of hydrogen-bond acceptors (Lipinski definition) is 5. The Labute approximate surface area is 173 Å². The average molecular weight is 429 g/mol. The summed E-state index contributed by atoms with van der Waals surface area (Å²) in [6, 6.07) is 13.7. The van der Waals surface area contributed by atoms with E-state index in [4.69, 9.17) is 4.74 Å². The lowest BCUT2D eigenvalue weighted by molar-refractivity contribution is -0.274. The van der Waals surface area contributed by atoms with Crippen LogP contribution in [0, 0.1) is 0 Å². The van der Waals surface area contributed by atoms with Gasteiger partial charge in [0.05, 0.1) is 18.4 Å². The molecule has 0 radical (unpaired) electrons. The van der Waals surface area contributed by atoms with Gasteiger partial charge in [0.1, 0.15) is 17.0 Å². The lowest BCUT2D eigenvalue weighted by atomic mass is 10.1. The Morgan fingerprint density at radius 2 is 1.71 bits per heavy atom. The molecular weight excluding hydrogens is 415 g/mol. The second kappa shape index (κ2) is 7.63. The standard InChI is InChI=1S/C21H14F3N3O4/c1-30-20(29)17-12-26(14-8-5-9-15(10-14)31-21(22,23)24)11-16-18(17)25-27(19(16)28)13-6-3-2-4-7-13/h2-12H,1H3. The number of esters is 1. The topological polar surface area (TPSA) is 75.3 Å². The summed E-state index contributed by atoms with van der Waals surface area (Å²) in [5.41, 5.74) is 0.415. The second-order valence-electron chi connectivity index (χ2n) is 6.43. The number of hydrogen-bond donors (Lipinski definition) is 0. The number of carbonyl (C=O) groups excluding carboxylic acids is 1. The van der Waals surface area contributed by atoms with Crippen molar-refractivity contribution >= 4 is 5.97 Å². The van der Waals surface area contributed by atoms with Crippen molar-refractivity contribution in [2.24, 2.45) is 0 Å². The highest BCUT2D eigenvalue weighted by molar-refractivity contribution is 5.96. The number of fused-ring (bicyclic) bond motifs is 1. The van der Waals surface area contributed by atoms with E-state index in [9.17, 15) is 22.8 Å². The highest BCUT2D eigenvalue weighted by Crippen LogP contribution is 2.28. The molecule has 158 valence electrons. The van der Waals surface area contributed by atoms with Crippen LogP contribution in [0.5, 0.6) is 5.75 Å². The zero-order valence-corrected chi connectivity index (χ0v) is 16.0. The number of pyridine rings is 1. The average Bonchev–Trinajstić information content (AvgIpc) is 3.08. The fourth-order valence-electron chi connectivity index (χ4n) is 3.10. The third kappa shape index (κ3) is 4.00. The van der Waals surface area contributed by atoms with Gasteiger partial charge >= 0.3 is 12.3 Å². The van der Waals surface area contributed by atoms with Gasteiger partial charge in [0.15, 0.2) is 0 Å². The van der Waals surface area contributed by atoms with Crippen LogP contribution in [0.15, 0.2) is 71.8 Å². The number of halogens is 3. The molecule has 31 heavy (non-hydrogen) atoms. The van der Waals surface area contributed by atoms with Crippen molar-refractivity contribution in [1.82, 2.24) is 14.3 Å². The van der Waals surface area contributed by atoms with Crippen LogP contribution in [0.2, 0.25) is 0 Å². The number of nitrogens with zero attached hydrogens (tertiary/aromatic N) is 3. The van der Waals surface area contributed by atoms with E-state index in [1.807, 2.05) is 0 Å². The summed E-state index contributed by atoms with van der Waals surface area (Å²) < 4.78 is 49.0. The number of alkyl halides is 3. The minimum Gasteiger partial charge on any atom is -0.465 e. The zero-order valence-electron chi connectivity index (χ0n) is 16.0. The van der Waals surface area contributed by atoms with Crippen molar-refractivity contribution in [2.45, 2.75) is 6.36 Å². The van der Waals surface area contributed by atoms with Crippen LogP contribution in [0.4, 0.5) is 13.2 Å². The molecule has 10 heteroatoms. The van der Waals surface area contributed by atoms with Gasteiger partial charge in [-0.15, -0.1) is 13.2 Å². The molecule has 7 nitrogen and oxygen atoms in total. The van der Waals surface area contributed by atoms with E-state index in [2.05, 4.69) is 9.84 Å². The molecule has 2 aliphatic rings. The van der Waals surface area contributed by atoms with Gasteiger partial charge in [0, 0.05) is 24.1 Å². The summed E-state index contributed by atoms with van der Waals surface area (Å²) in [5, 5.41) is 4.27. The minimum absolute atomic E-state index is 0.0195. The number of rotatable bonds is 4. The van der Waals surface area contributed by atoms with Crippen LogP contribution in [-0.4, -0.2) is 33.8 Å². The Kier molecular flexibility index (Phi) is 4.97. The third-order valence-electron chi connectivity index (χ3n) is 4.42. The first-order chi connectivity index (χ1) is 14.8. The largest absolute Gasteiger partial charge is 0.573 e. The summed E-state index contributed by atoms with van der Waals surface area (Å²) in [6.45, 7) is 0. The Morgan fingerprint density at radius 3 is 2.39 bits per heavy atom. The van der Waals surface area contributed by atoms with Gasteiger partial charge in [0.2, 0.25) is 0 Å². The molecule has 0 bridgehead atoms. The molecule has 2 aromatic carbocycles.